The van der Waals surface area contributed by atoms with Crippen molar-refractivity contribution in [3.8, 4) is 0 Å². The van der Waals surface area contributed by atoms with Gasteiger partial charge in [-0.3, -0.25) is 9.69 Å². The highest BCUT2D eigenvalue weighted by atomic mass is 16.2. The van der Waals surface area contributed by atoms with Crippen molar-refractivity contribution in [1.29, 1.82) is 0 Å². The van der Waals surface area contributed by atoms with E-state index in [0.29, 0.717) is 12.4 Å². The fourth-order valence-corrected chi connectivity index (χ4v) is 3.55. The normalized spacial score (nSPS) is 15.7. The molecule has 4 rings (SSSR count). The van der Waals surface area contributed by atoms with Gasteiger partial charge in [-0.15, -0.1) is 0 Å². The van der Waals surface area contributed by atoms with E-state index in [1.165, 1.54) is 16.0 Å². The smallest absolute Gasteiger partial charge is 0.281 e. The first kappa shape index (κ1) is 18.1. The summed E-state index contributed by atoms with van der Waals surface area (Å²) in [6.07, 6.45) is 0. The maximum Gasteiger partial charge on any atom is 0.281 e. The van der Waals surface area contributed by atoms with E-state index >= 15 is 0 Å². The highest BCUT2D eigenvalue weighted by molar-refractivity contribution is 6.54. The van der Waals surface area contributed by atoms with Gasteiger partial charge in [0.1, 0.15) is 12.3 Å². The number of nitrogens with one attached hydrogen (secondary N) is 1. The first-order valence-corrected chi connectivity index (χ1v) is 9.53. The molecule has 0 saturated heterocycles. The molecule has 28 heavy (non-hydrogen) atoms. The van der Waals surface area contributed by atoms with Crippen molar-refractivity contribution < 1.29 is 9.69 Å². The molecule has 4 heteroatoms. The Kier molecular flexibility index (Phi) is 5.04. The second-order valence-electron chi connectivity index (χ2n) is 7.32. The molecule has 1 aliphatic rings. The predicted octanol–water partition coefficient (Wildman–Crippen LogP) is 3.13. The van der Waals surface area contributed by atoms with Gasteiger partial charge >= 0.3 is 0 Å². The summed E-state index contributed by atoms with van der Waals surface area (Å²) in [6.45, 7) is 3.49. The number of fused-ring (bicyclic) bond motifs is 1. The fraction of sp³-hybridized carbons (Fsp3) is 0.167. The van der Waals surface area contributed by atoms with E-state index in [-0.39, 0.29) is 5.91 Å². The Morgan fingerprint density at radius 3 is 2.32 bits per heavy atom. The quantitative estimate of drug-likeness (QED) is 0.736. The Bertz CT molecular complexity index is 1010. The van der Waals surface area contributed by atoms with Crippen molar-refractivity contribution in [3.63, 3.8) is 0 Å². The molecular weight excluding hydrogens is 346 g/mol. The molecule has 1 atom stereocenters. The maximum absolute atomic E-state index is 13.2. The van der Waals surface area contributed by atoms with Crippen LogP contribution in [0.5, 0.6) is 0 Å². The molecule has 3 aromatic rings. The number of carbonyl (C=O) groups excluding carboxylic acids is 1. The van der Waals surface area contributed by atoms with E-state index < -0.39 is 0 Å². The van der Waals surface area contributed by atoms with Gasteiger partial charge in [0.25, 0.3) is 5.91 Å². The zero-order valence-corrected chi connectivity index (χ0v) is 16.2. The number of hydrogen-bond donors (Lipinski definition) is 1. The van der Waals surface area contributed by atoms with Crippen LogP contribution >= 0.6 is 0 Å². The summed E-state index contributed by atoms with van der Waals surface area (Å²) in [7, 11) is 2.11. The molecule has 0 bridgehead atoms. The van der Waals surface area contributed by atoms with Gasteiger partial charge < -0.3 is 4.90 Å². The number of aryl methyl sites for hydroxylation is 1. The van der Waals surface area contributed by atoms with E-state index in [0.717, 1.165) is 23.5 Å². The molecule has 1 heterocycles. The van der Waals surface area contributed by atoms with Crippen LogP contribution in [0.25, 0.3) is 0 Å². The SMILES string of the molecule is Cc1ccc(N=C2C(=O)N(C[NH+](C)Cc3ccccc3)c3ccccc32)cc1. The van der Waals surface area contributed by atoms with Gasteiger partial charge in [-0.25, -0.2) is 4.99 Å². The van der Waals surface area contributed by atoms with Gasteiger partial charge in [0.15, 0.2) is 6.67 Å². The summed E-state index contributed by atoms with van der Waals surface area (Å²) in [5, 5.41) is 0. The van der Waals surface area contributed by atoms with Gasteiger partial charge in [0.2, 0.25) is 0 Å². The lowest BCUT2D eigenvalue weighted by molar-refractivity contribution is -0.892. The van der Waals surface area contributed by atoms with Crippen LogP contribution in [0.15, 0.2) is 83.9 Å². The molecule has 1 N–H and O–H groups in total. The van der Waals surface area contributed by atoms with Gasteiger partial charge in [0.05, 0.1) is 18.4 Å². The van der Waals surface area contributed by atoms with Crippen molar-refractivity contribution in [2.24, 2.45) is 4.99 Å². The molecule has 1 aliphatic heterocycles. The van der Waals surface area contributed by atoms with Crippen LogP contribution in [0, 0.1) is 6.92 Å². The van der Waals surface area contributed by atoms with Crippen LogP contribution in [-0.2, 0) is 11.3 Å². The highest BCUT2D eigenvalue weighted by Gasteiger charge is 2.35. The monoisotopic (exact) mass is 370 g/mol. The largest absolute Gasteiger partial charge is 0.316 e. The third kappa shape index (κ3) is 3.73. The molecular formula is C24H24N3O+. The van der Waals surface area contributed by atoms with Crippen molar-refractivity contribution in [2.75, 3.05) is 18.6 Å². The number of rotatable bonds is 5. The predicted molar refractivity (Wildman–Crippen MR) is 113 cm³/mol. The lowest BCUT2D eigenvalue weighted by Gasteiger charge is -2.22. The number of para-hydroxylation sites is 1. The van der Waals surface area contributed by atoms with Crippen LogP contribution in [-0.4, -0.2) is 25.3 Å². The molecule has 0 radical (unpaired) electrons. The molecule has 0 aliphatic carbocycles. The summed E-state index contributed by atoms with van der Waals surface area (Å²) < 4.78 is 0. The topological polar surface area (TPSA) is 37.1 Å². The first-order chi connectivity index (χ1) is 13.6. The van der Waals surface area contributed by atoms with Crippen molar-refractivity contribution >= 4 is 23.0 Å². The Morgan fingerprint density at radius 1 is 0.893 bits per heavy atom. The molecule has 1 amide bonds. The van der Waals surface area contributed by atoms with E-state index in [9.17, 15) is 4.79 Å². The third-order valence-corrected chi connectivity index (χ3v) is 4.95. The number of amides is 1. The number of anilines is 1. The minimum atomic E-state index is -0.0332. The number of benzene rings is 3. The summed E-state index contributed by atoms with van der Waals surface area (Å²) in [5.74, 6) is -0.0332. The van der Waals surface area contributed by atoms with Gasteiger partial charge in [-0.05, 0) is 25.1 Å². The Morgan fingerprint density at radius 2 is 1.57 bits per heavy atom. The Labute approximate surface area is 165 Å². The Hall–Kier alpha value is -3.24. The second-order valence-corrected chi connectivity index (χ2v) is 7.32. The molecule has 3 aromatic carbocycles. The zero-order valence-electron chi connectivity index (χ0n) is 16.2. The van der Waals surface area contributed by atoms with Crippen LogP contribution in [0.4, 0.5) is 11.4 Å². The first-order valence-electron chi connectivity index (χ1n) is 9.53. The minimum Gasteiger partial charge on any atom is -0.316 e. The van der Waals surface area contributed by atoms with Crippen molar-refractivity contribution in [1.82, 2.24) is 0 Å². The minimum absolute atomic E-state index is 0.0332. The molecule has 0 saturated carbocycles. The fourth-order valence-electron chi connectivity index (χ4n) is 3.55. The summed E-state index contributed by atoms with van der Waals surface area (Å²) >= 11 is 0. The number of nitrogens with zero attached hydrogens (tertiary/aromatic N) is 2. The molecule has 140 valence electrons. The van der Waals surface area contributed by atoms with Gasteiger partial charge in [-0.2, -0.15) is 0 Å². The van der Waals surface area contributed by atoms with Gasteiger partial charge in [-0.1, -0.05) is 66.2 Å². The highest BCUT2D eigenvalue weighted by Crippen LogP contribution is 2.30. The third-order valence-electron chi connectivity index (χ3n) is 4.95. The average molecular weight is 370 g/mol. The van der Waals surface area contributed by atoms with Crippen LogP contribution in [0.1, 0.15) is 16.7 Å². The van der Waals surface area contributed by atoms with E-state index in [2.05, 4.69) is 24.2 Å². The number of aliphatic imine (C=N–C) groups is 1. The van der Waals surface area contributed by atoms with E-state index in [1.54, 1.807) is 0 Å². The van der Waals surface area contributed by atoms with Crippen molar-refractivity contribution in [2.45, 2.75) is 13.5 Å². The van der Waals surface area contributed by atoms with E-state index in [4.69, 9.17) is 0 Å². The molecule has 0 fully saturated rings. The zero-order chi connectivity index (χ0) is 19.5. The van der Waals surface area contributed by atoms with E-state index in [1.807, 2.05) is 78.6 Å². The Balaban J connectivity index is 1.60. The molecule has 0 spiro atoms. The maximum atomic E-state index is 13.2. The van der Waals surface area contributed by atoms with Crippen molar-refractivity contribution in [3.05, 3.63) is 95.6 Å². The standard InChI is InChI=1S/C24H23N3O/c1-18-12-14-20(15-13-18)25-23-21-10-6-7-11-22(21)27(24(23)28)17-26(2)16-19-8-4-3-5-9-19/h3-15H,16-17H2,1-2H3/p+1. The number of hydrogen-bond acceptors (Lipinski definition) is 2. The van der Waals surface area contributed by atoms with Crippen LogP contribution in [0.3, 0.4) is 0 Å². The lowest BCUT2D eigenvalue weighted by atomic mass is 10.1. The summed E-state index contributed by atoms with van der Waals surface area (Å²) in [5.41, 5.74) is 5.59. The average Bonchev–Trinajstić information content (AvgIpc) is 2.96. The van der Waals surface area contributed by atoms with Gasteiger partial charge in [0, 0.05) is 11.1 Å². The second kappa shape index (κ2) is 7.79. The molecule has 1 unspecified atom stereocenters. The number of quaternary nitrogens is 1. The molecule has 4 nitrogen and oxygen atoms in total. The van der Waals surface area contributed by atoms with Crippen LogP contribution in [0.2, 0.25) is 0 Å². The molecule has 0 aromatic heterocycles. The van der Waals surface area contributed by atoms with Crippen LogP contribution < -0.4 is 9.80 Å². The summed E-state index contributed by atoms with van der Waals surface area (Å²) in [6, 6.07) is 26.2. The lowest BCUT2D eigenvalue weighted by Crippen LogP contribution is -3.09. The summed E-state index contributed by atoms with van der Waals surface area (Å²) in [4.78, 5) is 21.0. The number of carbonyl (C=O) groups is 1.